The number of carbonyl (C=O) groups excluding carboxylic acids is 1. The Balaban J connectivity index is 1.47. The molecule has 3 rings (SSSR count). The number of hydrogen-bond acceptors (Lipinski definition) is 5. The molecule has 6 nitrogen and oxygen atoms in total. The van der Waals surface area contributed by atoms with Crippen LogP contribution in [0.3, 0.4) is 0 Å². The van der Waals surface area contributed by atoms with E-state index in [9.17, 15) is 4.79 Å². The molecule has 0 saturated heterocycles. The van der Waals surface area contributed by atoms with Crippen molar-refractivity contribution < 1.29 is 9.53 Å². The Bertz CT molecular complexity index is 865. The molecule has 1 amide bonds. The minimum Gasteiger partial charge on any atom is -0.497 e. The van der Waals surface area contributed by atoms with Gasteiger partial charge < -0.3 is 10.1 Å². The van der Waals surface area contributed by atoms with Gasteiger partial charge in [0, 0.05) is 6.54 Å². The quantitative estimate of drug-likeness (QED) is 0.606. The Labute approximate surface area is 163 Å². The van der Waals surface area contributed by atoms with Gasteiger partial charge in [-0.05, 0) is 43.2 Å². The standard InChI is InChI=1S/C20H22N4O2S/c1-15(19(25)21-13-12-16-8-10-18(26-2)11-9-16)27-20-22-14-24(23-20)17-6-4-3-5-7-17/h3-11,14-15H,12-13H2,1-2H3,(H,21,25). The molecule has 0 spiro atoms. The van der Waals surface area contributed by atoms with Crippen molar-refractivity contribution in [3.8, 4) is 11.4 Å². The van der Waals surface area contributed by atoms with Gasteiger partial charge in [0.15, 0.2) is 0 Å². The average molecular weight is 382 g/mol. The third-order valence-corrected chi connectivity index (χ3v) is 4.98. The zero-order valence-corrected chi connectivity index (χ0v) is 16.1. The number of hydrogen-bond donors (Lipinski definition) is 1. The number of amides is 1. The average Bonchev–Trinajstić information content (AvgIpc) is 3.17. The second-order valence-corrected chi connectivity index (χ2v) is 7.26. The number of methoxy groups -OCH3 is 1. The third-order valence-electron chi connectivity index (χ3n) is 4.01. The lowest BCUT2D eigenvalue weighted by Gasteiger charge is -2.10. The smallest absolute Gasteiger partial charge is 0.233 e. The number of ether oxygens (including phenoxy) is 1. The summed E-state index contributed by atoms with van der Waals surface area (Å²) in [5.41, 5.74) is 2.09. The Hall–Kier alpha value is -2.80. The fourth-order valence-corrected chi connectivity index (χ4v) is 3.23. The molecule has 0 aliphatic heterocycles. The SMILES string of the molecule is COc1ccc(CCNC(=O)C(C)Sc2ncn(-c3ccccc3)n2)cc1. The van der Waals surface area contributed by atoms with E-state index in [0.717, 1.165) is 23.4 Å². The molecule has 0 bridgehead atoms. The van der Waals surface area contributed by atoms with E-state index in [1.54, 1.807) is 18.1 Å². The third kappa shape index (κ3) is 5.34. The molecular formula is C20H22N4O2S. The number of benzene rings is 2. The van der Waals surface area contributed by atoms with E-state index in [0.29, 0.717) is 11.7 Å². The summed E-state index contributed by atoms with van der Waals surface area (Å²) in [7, 11) is 1.64. The molecule has 1 unspecified atom stereocenters. The zero-order chi connectivity index (χ0) is 19.1. The van der Waals surface area contributed by atoms with E-state index in [4.69, 9.17) is 4.74 Å². The second kappa shape index (κ2) is 9.23. The maximum Gasteiger partial charge on any atom is 0.233 e. The van der Waals surface area contributed by atoms with Crippen LogP contribution in [0.4, 0.5) is 0 Å². The molecule has 1 aromatic heterocycles. The second-order valence-electron chi connectivity index (χ2n) is 5.96. The molecule has 0 radical (unpaired) electrons. The summed E-state index contributed by atoms with van der Waals surface area (Å²) in [4.78, 5) is 16.6. The molecule has 140 valence electrons. The van der Waals surface area contributed by atoms with Crippen LogP contribution in [0.2, 0.25) is 0 Å². The fraction of sp³-hybridized carbons (Fsp3) is 0.250. The topological polar surface area (TPSA) is 69.0 Å². The van der Waals surface area contributed by atoms with Gasteiger partial charge in [0.1, 0.15) is 12.1 Å². The molecule has 1 heterocycles. The van der Waals surface area contributed by atoms with E-state index < -0.39 is 0 Å². The van der Waals surface area contributed by atoms with Gasteiger partial charge in [-0.3, -0.25) is 4.79 Å². The van der Waals surface area contributed by atoms with Crippen LogP contribution in [0.15, 0.2) is 66.1 Å². The molecule has 1 atom stereocenters. The highest BCUT2D eigenvalue weighted by molar-refractivity contribution is 8.00. The number of nitrogens with zero attached hydrogens (tertiary/aromatic N) is 3. The minimum absolute atomic E-state index is 0.0235. The number of rotatable bonds is 8. The highest BCUT2D eigenvalue weighted by Crippen LogP contribution is 2.20. The van der Waals surface area contributed by atoms with E-state index in [1.807, 2.05) is 61.5 Å². The molecule has 0 aliphatic carbocycles. The summed E-state index contributed by atoms with van der Waals surface area (Å²) in [6, 6.07) is 17.6. The normalized spacial score (nSPS) is 11.8. The van der Waals surface area contributed by atoms with Crippen LogP contribution in [-0.2, 0) is 11.2 Å². The van der Waals surface area contributed by atoms with Gasteiger partial charge >= 0.3 is 0 Å². The van der Waals surface area contributed by atoms with E-state index in [-0.39, 0.29) is 11.2 Å². The monoisotopic (exact) mass is 382 g/mol. The maximum absolute atomic E-state index is 12.3. The van der Waals surface area contributed by atoms with Gasteiger partial charge in [-0.15, -0.1) is 5.10 Å². The van der Waals surface area contributed by atoms with Gasteiger partial charge in [-0.25, -0.2) is 9.67 Å². The van der Waals surface area contributed by atoms with Gasteiger partial charge in [-0.2, -0.15) is 0 Å². The first-order valence-electron chi connectivity index (χ1n) is 8.70. The van der Waals surface area contributed by atoms with Crippen molar-refractivity contribution in [3.63, 3.8) is 0 Å². The molecule has 0 aliphatic rings. The molecule has 0 saturated carbocycles. The van der Waals surface area contributed by atoms with Gasteiger partial charge in [-0.1, -0.05) is 42.1 Å². The number of carbonyl (C=O) groups is 1. The van der Waals surface area contributed by atoms with Crippen molar-refractivity contribution in [3.05, 3.63) is 66.5 Å². The Kier molecular flexibility index (Phi) is 6.49. The van der Waals surface area contributed by atoms with Gasteiger partial charge in [0.2, 0.25) is 11.1 Å². The van der Waals surface area contributed by atoms with Crippen LogP contribution in [0.5, 0.6) is 5.75 Å². The molecule has 0 fully saturated rings. The summed E-state index contributed by atoms with van der Waals surface area (Å²) in [6.45, 7) is 2.44. The largest absolute Gasteiger partial charge is 0.497 e. The van der Waals surface area contributed by atoms with Crippen LogP contribution in [-0.4, -0.2) is 39.6 Å². The first kappa shape index (κ1) is 19.0. The first-order valence-corrected chi connectivity index (χ1v) is 9.58. The van der Waals surface area contributed by atoms with Crippen LogP contribution in [0, 0.1) is 0 Å². The van der Waals surface area contributed by atoms with Crippen LogP contribution < -0.4 is 10.1 Å². The predicted octanol–water partition coefficient (Wildman–Crippen LogP) is 3.12. The van der Waals surface area contributed by atoms with Crippen molar-refractivity contribution in [2.24, 2.45) is 0 Å². The summed E-state index contributed by atoms with van der Waals surface area (Å²) in [6.07, 6.45) is 2.43. The van der Waals surface area contributed by atoms with Crippen molar-refractivity contribution in [2.45, 2.75) is 23.8 Å². The molecule has 27 heavy (non-hydrogen) atoms. The van der Waals surface area contributed by atoms with E-state index in [2.05, 4.69) is 15.4 Å². The number of aromatic nitrogens is 3. The van der Waals surface area contributed by atoms with Crippen molar-refractivity contribution in [2.75, 3.05) is 13.7 Å². The number of nitrogens with one attached hydrogen (secondary N) is 1. The Morgan fingerprint density at radius 1 is 1.19 bits per heavy atom. The zero-order valence-electron chi connectivity index (χ0n) is 15.3. The van der Waals surface area contributed by atoms with E-state index >= 15 is 0 Å². The van der Waals surface area contributed by atoms with E-state index in [1.165, 1.54) is 11.8 Å². The summed E-state index contributed by atoms with van der Waals surface area (Å²) < 4.78 is 6.85. The highest BCUT2D eigenvalue weighted by Gasteiger charge is 2.16. The number of para-hydroxylation sites is 1. The van der Waals surface area contributed by atoms with Crippen molar-refractivity contribution in [1.29, 1.82) is 0 Å². The summed E-state index contributed by atoms with van der Waals surface area (Å²) >= 11 is 1.35. The summed E-state index contributed by atoms with van der Waals surface area (Å²) in [5, 5.41) is 7.70. The minimum atomic E-state index is -0.271. The van der Waals surface area contributed by atoms with Crippen LogP contribution in [0.1, 0.15) is 12.5 Å². The molecule has 7 heteroatoms. The Morgan fingerprint density at radius 3 is 2.63 bits per heavy atom. The lowest BCUT2D eigenvalue weighted by atomic mass is 10.1. The van der Waals surface area contributed by atoms with Gasteiger partial charge in [0.25, 0.3) is 0 Å². The highest BCUT2D eigenvalue weighted by atomic mass is 32.2. The molecule has 1 N–H and O–H groups in total. The van der Waals surface area contributed by atoms with Gasteiger partial charge in [0.05, 0.1) is 18.0 Å². The van der Waals surface area contributed by atoms with Crippen molar-refractivity contribution in [1.82, 2.24) is 20.1 Å². The fourth-order valence-electron chi connectivity index (χ4n) is 2.48. The maximum atomic E-state index is 12.3. The number of thioether (sulfide) groups is 1. The molecular weight excluding hydrogens is 360 g/mol. The van der Waals surface area contributed by atoms with Crippen molar-refractivity contribution >= 4 is 17.7 Å². The van der Waals surface area contributed by atoms with Crippen LogP contribution in [0.25, 0.3) is 5.69 Å². The first-order chi connectivity index (χ1) is 13.2. The van der Waals surface area contributed by atoms with Crippen LogP contribution >= 0.6 is 11.8 Å². The summed E-state index contributed by atoms with van der Waals surface area (Å²) in [5.74, 6) is 0.805. The molecule has 3 aromatic rings. The molecule has 2 aromatic carbocycles. The Morgan fingerprint density at radius 2 is 1.93 bits per heavy atom. The lowest BCUT2D eigenvalue weighted by Crippen LogP contribution is -2.32. The lowest BCUT2D eigenvalue weighted by molar-refractivity contribution is -0.120. The predicted molar refractivity (Wildman–Crippen MR) is 106 cm³/mol.